The molecular weight excluding hydrogens is 393 g/mol. The molecule has 30 heavy (non-hydrogen) atoms. The predicted molar refractivity (Wildman–Crippen MR) is 105 cm³/mol. The maximum absolute atomic E-state index is 13.6. The van der Waals surface area contributed by atoms with Crippen molar-refractivity contribution in [2.75, 3.05) is 7.11 Å². The van der Waals surface area contributed by atoms with E-state index in [9.17, 15) is 14.0 Å². The van der Waals surface area contributed by atoms with Crippen molar-refractivity contribution >= 4 is 11.8 Å². The number of benzene rings is 2. The Balaban J connectivity index is 1.65. The van der Waals surface area contributed by atoms with E-state index < -0.39 is 17.6 Å². The van der Waals surface area contributed by atoms with Gasteiger partial charge in [-0.2, -0.15) is 0 Å². The van der Waals surface area contributed by atoms with Gasteiger partial charge in [0.05, 0.1) is 23.9 Å². The number of nitrogens with zero attached hydrogens (tertiary/aromatic N) is 1. The van der Waals surface area contributed by atoms with Crippen LogP contribution >= 0.6 is 0 Å². The first kappa shape index (κ1) is 20.8. The van der Waals surface area contributed by atoms with Crippen LogP contribution < -0.4 is 20.3 Å². The molecule has 156 valence electrons. The van der Waals surface area contributed by atoms with Crippen molar-refractivity contribution in [3.05, 3.63) is 76.4 Å². The van der Waals surface area contributed by atoms with Gasteiger partial charge in [0.25, 0.3) is 11.8 Å². The summed E-state index contributed by atoms with van der Waals surface area (Å²) in [5.74, 6) is -0.652. The number of rotatable bonds is 6. The molecule has 0 aliphatic heterocycles. The molecule has 1 aromatic heterocycles. The number of methoxy groups -OCH3 is 1. The fourth-order valence-corrected chi connectivity index (χ4v) is 2.68. The molecule has 0 aliphatic carbocycles. The van der Waals surface area contributed by atoms with Gasteiger partial charge in [-0.3, -0.25) is 20.4 Å². The summed E-state index contributed by atoms with van der Waals surface area (Å²) in [4.78, 5) is 24.4. The van der Waals surface area contributed by atoms with E-state index in [1.54, 1.807) is 13.0 Å². The highest BCUT2D eigenvalue weighted by Gasteiger charge is 2.16. The molecule has 3 rings (SSSR count). The Morgan fingerprint density at radius 3 is 2.47 bits per heavy atom. The molecule has 2 N–H and O–H groups in total. The van der Waals surface area contributed by atoms with Gasteiger partial charge < -0.3 is 14.0 Å². The number of amides is 2. The van der Waals surface area contributed by atoms with Crippen molar-refractivity contribution in [1.82, 2.24) is 16.0 Å². The van der Waals surface area contributed by atoms with Crippen molar-refractivity contribution < 1.29 is 28.0 Å². The largest absolute Gasteiger partial charge is 0.493 e. The predicted octanol–water partition coefficient (Wildman–Crippen LogP) is 3.09. The molecular formula is C21H20FN3O5. The summed E-state index contributed by atoms with van der Waals surface area (Å²) >= 11 is 0. The molecule has 0 saturated heterocycles. The van der Waals surface area contributed by atoms with Gasteiger partial charge >= 0.3 is 0 Å². The molecule has 0 atom stereocenters. The van der Waals surface area contributed by atoms with Crippen LogP contribution in [0.2, 0.25) is 0 Å². The zero-order valence-corrected chi connectivity index (χ0v) is 16.6. The molecule has 3 aromatic rings. The van der Waals surface area contributed by atoms with Gasteiger partial charge in [-0.15, -0.1) is 0 Å². The lowest BCUT2D eigenvalue weighted by Gasteiger charge is -2.13. The molecule has 0 radical (unpaired) electrons. The summed E-state index contributed by atoms with van der Waals surface area (Å²) in [6.07, 6.45) is 0. The van der Waals surface area contributed by atoms with Crippen LogP contribution in [-0.4, -0.2) is 24.1 Å². The summed E-state index contributed by atoms with van der Waals surface area (Å²) < 4.78 is 29.8. The van der Waals surface area contributed by atoms with E-state index in [1.165, 1.54) is 37.4 Å². The minimum Gasteiger partial charge on any atom is -0.493 e. The van der Waals surface area contributed by atoms with Crippen molar-refractivity contribution in [2.45, 2.75) is 20.5 Å². The number of halogens is 1. The second-order valence-corrected chi connectivity index (χ2v) is 6.35. The summed E-state index contributed by atoms with van der Waals surface area (Å²) in [7, 11) is 1.44. The molecule has 8 nitrogen and oxygen atoms in total. The van der Waals surface area contributed by atoms with Gasteiger partial charge in [0.1, 0.15) is 18.2 Å². The Morgan fingerprint density at radius 2 is 1.80 bits per heavy atom. The van der Waals surface area contributed by atoms with Gasteiger partial charge in [-0.1, -0.05) is 17.3 Å². The lowest BCUT2D eigenvalue weighted by Crippen LogP contribution is -2.41. The highest BCUT2D eigenvalue weighted by molar-refractivity contribution is 5.99. The fourth-order valence-electron chi connectivity index (χ4n) is 2.68. The number of hydrogen-bond donors (Lipinski definition) is 2. The van der Waals surface area contributed by atoms with Crippen molar-refractivity contribution in [3.8, 4) is 11.5 Å². The molecule has 9 heteroatoms. The summed E-state index contributed by atoms with van der Waals surface area (Å²) in [5.41, 5.74) is 6.01. The molecule has 2 aromatic carbocycles. The lowest BCUT2D eigenvalue weighted by molar-refractivity contribution is 0.0844. The summed E-state index contributed by atoms with van der Waals surface area (Å²) in [5, 5.41) is 3.87. The molecule has 0 spiro atoms. The normalized spacial score (nSPS) is 10.4. The van der Waals surface area contributed by atoms with Crippen LogP contribution in [0.15, 0.2) is 47.0 Å². The van der Waals surface area contributed by atoms with Crippen LogP contribution in [-0.2, 0) is 6.61 Å². The zero-order chi connectivity index (χ0) is 21.7. The van der Waals surface area contributed by atoms with Gasteiger partial charge in [0.15, 0.2) is 11.5 Å². The van der Waals surface area contributed by atoms with Crippen LogP contribution in [0.3, 0.4) is 0 Å². The van der Waals surface area contributed by atoms with Gasteiger partial charge in [-0.25, -0.2) is 4.39 Å². The van der Waals surface area contributed by atoms with Gasteiger partial charge in [0, 0.05) is 5.56 Å². The molecule has 2 amide bonds. The van der Waals surface area contributed by atoms with Crippen molar-refractivity contribution in [3.63, 3.8) is 0 Å². The average Bonchev–Trinajstić information content (AvgIpc) is 3.07. The number of hydrogen-bond acceptors (Lipinski definition) is 6. The summed E-state index contributed by atoms with van der Waals surface area (Å²) in [6.45, 7) is 3.83. The number of nitrogens with one attached hydrogen (secondary N) is 2. The minimum absolute atomic E-state index is 0.182. The third kappa shape index (κ3) is 4.57. The van der Waals surface area contributed by atoms with E-state index in [1.807, 2.05) is 6.92 Å². The molecule has 1 heterocycles. The van der Waals surface area contributed by atoms with Gasteiger partial charge in [-0.05, 0) is 44.2 Å². The molecule has 0 fully saturated rings. The third-order valence-corrected chi connectivity index (χ3v) is 4.39. The molecule has 0 bridgehead atoms. The van der Waals surface area contributed by atoms with E-state index in [-0.39, 0.29) is 17.7 Å². The van der Waals surface area contributed by atoms with Crippen molar-refractivity contribution in [1.29, 1.82) is 0 Å². The number of hydrazine groups is 1. The maximum Gasteiger partial charge on any atom is 0.272 e. The third-order valence-electron chi connectivity index (χ3n) is 4.39. The Bertz CT molecular complexity index is 1060. The smallest absolute Gasteiger partial charge is 0.272 e. The number of carbonyl (C=O) groups excluding carboxylic acids is 2. The highest BCUT2D eigenvalue weighted by Crippen LogP contribution is 2.29. The Morgan fingerprint density at radius 1 is 1.07 bits per heavy atom. The lowest BCUT2D eigenvalue weighted by atomic mass is 10.2. The SMILES string of the molecule is COc1cc(C(=O)NNC(=O)c2ccccc2F)ccc1OCc1c(C)noc1C. The van der Waals surface area contributed by atoms with Crippen LogP contribution in [0.4, 0.5) is 4.39 Å². The second kappa shape index (κ2) is 9.08. The van der Waals surface area contributed by atoms with E-state index >= 15 is 0 Å². The first-order valence-electron chi connectivity index (χ1n) is 8.98. The van der Waals surface area contributed by atoms with Crippen molar-refractivity contribution in [2.24, 2.45) is 0 Å². The topological polar surface area (TPSA) is 103 Å². The van der Waals surface area contributed by atoms with E-state index in [4.69, 9.17) is 14.0 Å². The second-order valence-electron chi connectivity index (χ2n) is 6.35. The Hall–Kier alpha value is -3.88. The number of ether oxygens (including phenoxy) is 2. The van der Waals surface area contributed by atoms with Crippen LogP contribution in [0.5, 0.6) is 11.5 Å². The quantitative estimate of drug-likeness (QED) is 0.602. The van der Waals surface area contributed by atoms with E-state index in [2.05, 4.69) is 16.0 Å². The highest BCUT2D eigenvalue weighted by atomic mass is 19.1. The van der Waals surface area contributed by atoms with E-state index in [0.29, 0.717) is 17.3 Å². The zero-order valence-electron chi connectivity index (χ0n) is 16.6. The number of aromatic nitrogens is 1. The Kier molecular flexibility index (Phi) is 6.31. The van der Waals surface area contributed by atoms with Crippen LogP contribution in [0, 0.1) is 19.7 Å². The first-order chi connectivity index (χ1) is 14.4. The maximum atomic E-state index is 13.6. The Labute approximate surface area is 171 Å². The van der Waals surface area contributed by atoms with Gasteiger partial charge in [0.2, 0.25) is 0 Å². The van der Waals surface area contributed by atoms with Crippen LogP contribution in [0.1, 0.15) is 37.7 Å². The standard InChI is InChI=1S/C21H20FN3O5/c1-12-16(13(2)30-25-12)11-29-18-9-8-14(10-19(18)28-3)20(26)23-24-21(27)15-6-4-5-7-17(15)22/h4-10H,11H2,1-3H3,(H,23,26)(H,24,27). The number of aryl methyl sites for hydroxylation is 2. The monoisotopic (exact) mass is 413 g/mol. The first-order valence-corrected chi connectivity index (χ1v) is 8.98. The molecule has 0 unspecified atom stereocenters. The fraction of sp³-hybridized carbons (Fsp3) is 0.190. The average molecular weight is 413 g/mol. The number of carbonyl (C=O) groups is 2. The summed E-state index contributed by atoms with van der Waals surface area (Å²) in [6, 6.07) is 10.00. The van der Waals surface area contributed by atoms with E-state index in [0.717, 1.165) is 17.3 Å². The molecule has 0 saturated carbocycles. The minimum atomic E-state index is -0.771. The molecule has 0 aliphatic rings. The van der Waals surface area contributed by atoms with Crippen LogP contribution in [0.25, 0.3) is 0 Å².